The van der Waals surface area contributed by atoms with Crippen LogP contribution < -0.4 is 0 Å². The van der Waals surface area contributed by atoms with Crippen LogP contribution in [0.25, 0.3) is 0 Å². The standard InChI is InChI=1S/C6H11FO3/c1-3-6(9)5(7)4(2-8)10-3/h3-6,8-9H,2H2,1H3/t3-,4+,5?,6?/m0/s1. The molecule has 1 saturated heterocycles. The zero-order valence-corrected chi connectivity index (χ0v) is 5.70. The van der Waals surface area contributed by atoms with Crippen LogP contribution in [0.2, 0.25) is 0 Å². The van der Waals surface area contributed by atoms with Gasteiger partial charge >= 0.3 is 0 Å². The average Bonchev–Trinajstić information content (AvgIpc) is 2.17. The number of ether oxygens (including phenoxy) is 1. The van der Waals surface area contributed by atoms with Gasteiger partial charge in [-0.25, -0.2) is 4.39 Å². The number of aliphatic hydroxyl groups excluding tert-OH is 2. The van der Waals surface area contributed by atoms with Gasteiger partial charge in [0, 0.05) is 0 Å². The molecule has 2 unspecified atom stereocenters. The van der Waals surface area contributed by atoms with Gasteiger partial charge in [0.15, 0.2) is 6.17 Å². The van der Waals surface area contributed by atoms with Crippen molar-refractivity contribution in [2.24, 2.45) is 0 Å². The van der Waals surface area contributed by atoms with Crippen LogP contribution in [0.3, 0.4) is 0 Å². The second-order valence-electron chi connectivity index (χ2n) is 2.50. The minimum atomic E-state index is -1.44. The Morgan fingerprint density at radius 2 is 2.20 bits per heavy atom. The van der Waals surface area contributed by atoms with Crippen LogP contribution in [-0.2, 0) is 4.74 Å². The fraction of sp³-hybridized carbons (Fsp3) is 1.00. The first-order valence-electron chi connectivity index (χ1n) is 3.25. The molecule has 1 heterocycles. The molecule has 0 aromatic heterocycles. The molecule has 1 aliphatic rings. The maximum absolute atomic E-state index is 12.7. The van der Waals surface area contributed by atoms with Gasteiger partial charge in [-0.2, -0.15) is 0 Å². The summed E-state index contributed by atoms with van der Waals surface area (Å²) < 4.78 is 17.6. The maximum Gasteiger partial charge on any atom is 0.157 e. The Morgan fingerprint density at radius 1 is 1.60 bits per heavy atom. The Balaban J connectivity index is 2.53. The van der Waals surface area contributed by atoms with E-state index in [0.29, 0.717) is 0 Å². The lowest BCUT2D eigenvalue weighted by atomic mass is 10.1. The maximum atomic E-state index is 12.7. The zero-order chi connectivity index (χ0) is 7.72. The first-order chi connectivity index (χ1) is 4.66. The summed E-state index contributed by atoms with van der Waals surface area (Å²) in [5.41, 5.74) is 0. The SMILES string of the molecule is C[C@@H]1O[C@H](CO)C(F)C1O. The van der Waals surface area contributed by atoms with E-state index in [4.69, 9.17) is 14.9 Å². The molecule has 0 amide bonds. The van der Waals surface area contributed by atoms with Gasteiger partial charge < -0.3 is 14.9 Å². The number of halogens is 1. The van der Waals surface area contributed by atoms with Gasteiger partial charge in [0.05, 0.1) is 12.7 Å². The molecular formula is C6H11FO3. The highest BCUT2D eigenvalue weighted by Gasteiger charge is 2.41. The molecule has 1 aliphatic heterocycles. The molecule has 0 spiro atoms. The van der Waals surface area contributed by atoms with E-state index in [1.165, 1.54) is 0 Å². The number of aliphatic hydroxyl groups is 2. The van der Waals surface area contributed by atoms with Crippen molar-refractivity contribution in [3.63, 3.8) is 0 Å². The van der Waals surface area contributed by atoms with E-state index in [1.807, 2.05) is 0 Å². The second kappa shape index (κ2) is 2.82. The Kier molecular flexibility index (Phi) is 2.23. The van der Waals surface area contributed by atoms with Gasteiger partial charge in [0.2, 0.25) is 0 Å². The summed E-state index contributed by atoms with van der Waals surface area (Å²) in [7, 11) is 0. The van der Waals surface area contributed by atoms with Gasteiger partial charge in [-0.15, -0.1) is 0 Å². The van der Waals surface area contributed by atoms with Crippen LogP contribution in [0.5, 0.6) is 0 Å². The average molecular weight is 150 g/mol. The van der Waals surface area contributed by atoms with E-state index in [2.05, 4.69) is 0 Å². The van der Waals surface area contributed by atoms with Crippen LogP contribution >= 0.6 is 0 Å². The lowest BCUT2D eigenvalue weighted by molar-refractivity contribution is -0.00429. The van der Waals surface area contributed by atoms with Crippen molar-refractivity contribution in [1.82, 2.24) is 0 Å². The predicted octanol–water partition coefficient (Wildman–Crippen LogP) is -0.535. The molecule has 0 radical (unpaired) electrons. The molecule has 0 bridgehead atoms. The minimum Gasteiger partial charge on any atom is -0.394 e. The van der Waals surface area contributed by atoms with Crippen molar-refractivity contribution in [1.29, 1.82) is 0 Å². The van der Waals surface area contributed by atoms with E-state index in [-0.39, 0.29) is 6.61 Å². The van der Waals surface area contributed by atoms with Crippen molar-refractivity contribution in [2.45, 2.75) is 31.4 Å². The van der Waals surface area contributed by atoms with Crippen LogP contribution in [0.15, 0.2) is 0 Å². The topological polar surface area (TPSA) is 49.7 Å². The molecule has 4 heteroatoms. The van der Waals surface area contributed by atoms with Crippen LogP contribution in [0, 0.1) is 0 Å². The van der Waals surface area contributed by atoms with Gasteiger partial charge in [0.25, 0.3) is 0 Å². The largest absolute Gasteiger partial charge is 0.394 e. The summed E-state index contributed by atoms with van der Waals surface area (Å²) in [6.45, 7) is 1.20. The first kappa shape index (κ1) is 7.91. The van der Waals surface area contributed by atoms with Gasteiger partial charge in [-0.05, 0) is 6.92 Å². The second-order valence-corrected chi connectivity index (χ2v) is 2.50. The van der Waals surface area contributed by atoms with E-state index in [0.717, 1.165) is 0 Å². The lowest BCUT2D eigenvalue weighted by Crippen LogP contribution is -2.29. The number of rotatable bonds is 1. The van der Waals surface area contributed by atoms with Crippen LogP contribution in [0.1, 0.15) is 6.92 Å². The minimum absolute atomic E-state index is 0.372. The normalized spacial score (nSPS) is 48.0. The lowest BCUT2D eigenvalue weighted by Gasteiger charge is -2.07. The molecule has 0 aromatic carbocycles. The third kappa shape index (κ3) is 1.14. The van der Waals surface area contributed by atoms with Gasteiger partial charge in [-0.3, -0.25) is 0 Å². The smallest absolute Gasteiger partial charge is 0.157 e. The molecule has 0 saturated carbocycles. The third-order valence-electron chi connectivity index (χ3n) is 1.73. The molecule has 3 nitrogen and oxygen atoms in total. The molecule has 2 N–H and O–H groups in total. The summed E-state index contributed by atoms with van der Waals surface area (Å²) in [5, 5.41) is 17.5. The first-order valence-corrected chi connectivity index (χ1v) is 3.25. The Morgan fingerprint density at radius 3 is 2.40 bits per heavy atom. The quantitative estimate of drug-likeness (QED) is 0.528. The molecule has 0 aliphatic carbocycles. The van der Waals surface area contributed by atoms with Crippen molar-refractivity contribution in [3.8, 4) is 0 Å². The zero-order valence-electron chi connectivity index (χ0n) is 5.70. The molecule has 0 aromatic rings. The van der Waals surface area contributed by atoms with Crippen molar-refractivity contribution >= 4 is 0 Å². The fourth-order valence-electron chi connectivity index (χ4n) is 1.05. The summed E-state index contributed by atoms with van der Waals surface area (Å²) >= 11 is 0. The van der Waals surface area contributed by atoms with Crippen LogP contribution in [0.4, 0.5) is 4.39 Å². The highest BCUT2D eigenvalue weighted by molar-refractivity contribution is 4.88. The summed E-state index contributed by atoms with van der Waals surface area (Å²) in [4.78, 5) is 0. The van der Waals surface area contributed by atoms with E-state index >= 15 is 0 Å². The Bertz CT molecular complexity index is 120. The van der Waals surface area contributed by atoms with E-state index in [1.54, 1.807) is 6.92 Å². The summed E-state index contributed by atoms with van der Waals surface area (Å²) in [6, 6.07) is 0. The Hall–Kier alpha value is -0.190. The summed E-state index contributed by atoms with van der Waals surface area (Å²) in [6.07, 6.45) is -3.88. The highest BCUT2D eigenvalue weighted by atomic mass is 19.1. The molecule has 1 rings (SSSR count). The molecule has 1 fully saturated rings. The summed E-state index contributed by atoms with van der Waals surface area (Å²) in [5.74, 6) is 0. The van der Waals surface area contributed by atoms with Gasteiger partial charge in [-0.1, -0.05) is 0 Å². The van der Waals surface area contributed by atoms with Crippen LogP contribution in [-0.4, -0.2) is 41.3 Å². The number of alkyl halides is 1. The monoisotopic (exact) mass is 150 g/mol. The molecule has 60 valence electrons. The Labute approximate surface area is 58.4 Å². The number of hydrogen-bond donors (Lipinski definition) is 2. The predicted molar refractivity (Wildman–Crippen MR) is 32.3 cm³/mol. The highest BCUT2D eigenvalue weighted by Crippen LogP contribution is 2.22. The number of hydrogen-bond acceptors (Lipinski definition) is 3. The molecule has 4 atom stereocenters. The third-order valence-corrected chi connectivity index (χ3v) is 1.73. The van der Waals surface area contributed by atoms with Crippen molar-refractivity contribution < 1.29 is 19.3 Å². The molecule has 10 heavy (non-hydrogen) atoms. The van der Waals surface area contributed by atoms with E-state index in [9.17, 15) is 4.39 Å². The van der Waals surface area contributed by atoms with Crippen molar-refractivity contribution in [2.75, 3.05) is 6.61 Å². The van der Waals surface area contributed by atoms with Crippen molar-refractivity contribution in [3.05, 3.63) is 0 Å². The molecular weight excluding hydrogens is 139 g/mol. The van der Waals surface area contributed by atoms with Gasteiger partial charge in [0.1, 0.15) is 12.2 Å². The van der Waals surface area contributed by atoms with E-state index < -0.39 is 24.5 Å². The fourth-order valence-corrected chi connectivity index (χ4v) is 1.05.